The second-order valence-corrected chi connectivity index (χ2v) is 8.51. The summed E-state index contributed by atoms with van der Waals surface area (Å²) in [6, 6.07) is 6.93. The van der Waals surface area contributed by atoms with Crippen LogP contribution in [-0.2, 0) is 0 Å². The smallest absolute Gasteiger partial charge is 0.124 e. The van der Waals surface area contributed by atoms with E-state index < -0.39 is 0 Å². The van der Waals surface area contributed by atoms with E-state index in [1.54, 1.807) is 22.7 Å². The zero-order valence-corrected chi connectivity index (χ0v) is 15.4. The fourth-order valence-corrected chi connectivity index (χ4v) is 6.34. The molecule has 4 aromatic rings. The average molecular weight is 404 g/mol. The Balaban J connectivity index is 1.61. The summed E-state index contributed by atoms with van der Waals surface area (Å²) in [6.45, 7) is 1.09. The molecule has 2 N–H and O–H groups in total. The van der Waals surface area contributed by atoms with Crippen LogP contribution in [0, 0.1) is 0 Å². The van der Waals surface area contributed by atoms with Gasteiger partial charge in [0, 0.05) is 20.8 Å². The summed E-state index contributed by atoms with van der Waals surface area (Å²) in [4.78, 5) is 8.28. The number of H-pyrrole nitrogens is 1. The van der Waals surface area contributed by atoms with Crippen molar-refractivity contribution in [1.82, 2.24) is 15.3 Å². The Morgan fingerprint density at radius 2 is 2.09 bits per heavy atom. The summed E-state index contributed by atoms with van der Waals surface area (Å²) in [5, 5.41) is 7.93. The van der Waals surface area contributed by atoms with E-state index in [1.807, 2.05) is 0 Å². The van der Waals surface area contributed by atoms with E-state index in [9.17, 15) is 0 Å². The first-order valence-corrected chi connectivity index (χ1v) is 10.2. The summed E-state index contributed by atoms with van der Waals surface area (Å²) in [5.74, 6) is 1.07. The molecule has 1 aromatic carbocycles. The molecule has 23 heavy (non-hydrogen) atoms. The lowest BCUT2D eigenvalue weighted by molar-refractivity contribution is 0.614. The minimum Gasteiger partial charge on any atom is -0.341 e. The van der Waals surface area contributed by atoms with Crippen LogP contribution in [0.1, 0.15) is 24.7 Å². The Hall–Kier alpha value is -1.21. The quantitative estimate of drug-likeness (QED) is 0.450. The van der Waals surface area contributed by atoms with E-state index in [0.717, 1.165) is 23.4 Å². The molecule has 1 aliphatic rings. The fourth-order valence-electron chi connectivity index (χ4n) is 3.27. The zero-order valence-electron chi connectivity index (χ0n) is 12.2. The normalized spacial score (nSPS) is 18.4. The third kappa shape index (κ3) is 2.28. The van der Waals surface area contributed by atoms with Gasteiger partial charge in [-0.1, -0.05) is 6.07 Å². The van der Waals surface area contributed by atoms with Crippen LogP contribution in [-0.4, -0.2) is 16.5 Å². The van der Waals surface area contributed by atoms with Crippen molar-refractivity contribution in [3.63, 3.8) is 0 Å². The fraction of sp³-hybridized carbons (Fsp3) is 0.235. The molecule has 0 bridgehead atoms. The summed E-state index contributed by atoms with van der Waals surface area (Å²) >= 11 is 7.23. The maximum absolute atomic E-state index is 4.76. The molecule has 0 radical (unpaired) electrons. The maximum Gasteiger partial charge on any atom is 0.124 e. The van der Waals surface area contributed by atoms with Crippen LogP contribution in [0.3, 0.4) is 0 Å². The number of nitrogens with one attached hydrogen (secondary N) is 2. The Kier molecular flexibility index (Phi) is 3.33. The van der Waals surface area contributed by atoms with E-state index in [4.69, 9.17) is 4.98 Å². The van der Waals surface area contributed by atoms with E-state index in [0.29, 0.717) is 6.04 Å². The standard InChI is InChI=1S/C17H14BrN3S2/c18-11-8-23-15-10(7-22-16(11)15)9-3-4-12-14(6-9)21-17(20-12)13-2-1-5-19-13/h3-4,6-8,13,19H,1-2,5H2,(H,20,21)/t13-/m0/s1. The number of hydrogen-bond acceptors (Lipinski definition) is 4. The molecule has 1 fully saturated rings. The molecule has 0 unspecified atom stereocenters. The van der Waals surface area contributed by atoms with Gasteiger partial charge in [-0.05, 0) is 53.0 Å². The summed E-state index contributed by atoms with van der Waals surface area (Å²) in [6.07, 6.45) is 2.40. The number of hydrogen-bond donors (Lipinski definition) is 2. The minimum absolute atomic E-state index is 0.381. The van der Waals surface area contributed by atoms with Crippen LogP contribution in [0.25, 0.3) is 31.6 Å². The van der Waals surface area contributed by atoms with Crippen LogP contribution in [0.2, 0.25) is 0 Å². The molecule has 1 aliphatic heterocycles. The number of aromatic nitrogens is 2. The van der Waals surface area contributed by atoms with Crippen LogP contribution in [0.4, 0.5) is 0 Å². The Labute approximate surface area is 149 Å². The monoisotopic (exact) mass is 403 g/mol. The summed E-state index contributed by atoms with van der Waals surface area (Å²) < 4.78 is 3.90. The molecule has 0 saturated carbocycles. The summed E-state index contributed by atoms with van der Waals surface area (Å²) in [5.41, 5.74) is 4.75. The van der Waals surface area contributed by atoms with Crippen molar-refractivity contribution in [3.8, 4) is 11.1 Å². The number of fused-ring (bicyclic) bond motifs is 2. The van der Waals surface area contributed by atoms with Gasteiger partial charge in [0.1, 0.15) is 5.82 Å². The van der Waals surface area contributed by atoms with Gasteiger partial charge in [0.15, 0.2) is 0 Å². The minimum atomic E-state index is 0.381. The van der Waals surface area contributed by atoms with Crippen molar-refractivity contribution >= 4 is 59.0 Å². The van der Waals surface area contributed by atoms with Gasteiger partial charge in [-0.25, -0.2) is 4.98 Å². The van der Waals surface area contributed by atoms with Crippen LogP contribution in [0.15, 0.2) is 33.4 Å². The molecule has 5 rings (SSSR count). The first-order chi connectivity index (χ1) is 11.3. The van der Waals surface area contributed by atoms with E-state index >= 15 is 0 Å². The second kappa shape index (κ2) is 5.41. The molecule has 0 aliphatic carbocycles. The largest absolute Gasteiger partial charge is 0.341 e. The number of aromatic amines is 1. The van der Waals surface area contributed by atoms with E-state index in [2.05, 4.69) is 55.2 Å². The second-order valence-electron chi connectivity index (χ2n) is 5.89. The van der Waals surface area contributed by atoms with Crippen molar-refractivity contribution in [2.24, 2.45) is 0 Å². The number of imidazole rings is 1. The van der Waals surface area contributed by atoms with Gasteiger partial charge < -0.3 is 10.3 Å². The first kappa shape index (κ1) is 14.2. The Morgan fingerprint density at radius 3 is 2.96 bits per heavy atom. The first-order valence-electron chi connectivity index (χ1n) is 7.67. The number of halogens is 1. The Bertz CT molecular complexity index is 1010. The molecule has 0 spiro atoms. The van der Waals surface area contributed by atoms with E-state index in [-0.39, 0.29) is 0 Å². The van der Waals surface area contributed by atoms with Gasteiger partial charge in [0.05, 0.1) is 26.5 Å². The lowest BCUT2D eigenvalue weighted by Crippen LogP contribution is -2.13. The SMILES string of the molecule is Brc1csc2c(-c3ccc4nc([C@@H]5CCCN5)[nH]c4c3)csc12. The molecule has 1 atom stereocenters. The molecule has 116 valence electrons. The molecular weight excluding hydrogens is 390 g/mol. The predicted octanol–water partition coefficient (Wildman–Crippen LogP) is 5.69. The van der Waals surface area contributed by atoms with Crippen molar-refractivity contribution in [2.45, 2.75) is 18.9 Å². The number of thiophene rings is 2. The van der Waals surface area contributed by atoms with Crippen molar-refractivity contribution in [2.75, 3.05) is 6.54 Å². The van der Waals surface area contributed by atoms with Crippen LogP contribution in [0.5, 0.6) is 0 Å². The highest BCUT2D eigenvalue weighted by Gasteiger charge is 2.20. The number of nitrogens with zero attached hydrogens (tertiary/aromatic N) is 1. The number of benzene rings is 1. The lowest BCUT2D eigenvalue weighted by atomic mass is 10.1. The van der Waals surface area contributed by atoms with Gasteiger partial charge in [0.2, 0.25) is 0 Å². The molecule has 1 saturated heterocycles. The van der Waals surface area contributed by atoms with Gasteiger partial charge in [0.25, 0.3) is 0 Å². The van der Waals surface area contributed by atoms with Crippen LogP contribution >= 0.6 is 38.6 Å². The van der Waals surface area contributed by atoms with E-state index in [1.165, 1.54) is 37.8 Å². The van der Waals surface area contributed by atoms with Gasteiger partial charge in [-0.3, -0.25) is 0 Å². The van der Waals surface area contributed by atoms with Gasteiger partial charge in [-0.2, -0.15) is 0 Å². The average Bonchev–Trinajstić information content (AvgIpc) is 3.32. The third-order valence-corrected chi connectivity index (χ3v) is 7.79. The molecule has 6 heteroatoms. The highest BCUT2D eigenvalue weighted by Crippen LogP contribution is 2.42. The predicted molar refractivity (Wildman–Crippen MR) is 102 cm³/mol. The topological polar surface area (TPSA) is 40.7 Å². The Morgan fingerprint density at radius 1 is 1.17 bits per heavy atom. The molecular formula is C17H14BrN3S2. The third-order valence-electron chi connectivity index (χ3n) is 4.44. The van der Waals surface area contributed by atoms with Crippen LogP contribution < -0.4 is 5.32 Å². The molecule has 3 aromatic heterocycles. The highest BCUT2D eigenvalue weighted by molar-refractivity contribution is 9.10. The number of rotatable bonds is 2. The summed E-state index contributed by atoms with van der Waals surface area (Å²) in [7, 11) is 0. The molecule has 3 nitrogen and oxygen atoms in total. The highest BCUT2D eigenvalue weighted by atomic mass is 79.9. The molecule has 0 amide bonds. The lowest BCUT2D eigenvalue weighted by Gasteiger charge is -2.04. The van der Waals surface area contributed by atoms with Gasteiger partial charge >= 0.3 is 0 Å². The van der Waals surface area contributed by atoms with Crippen molar-refractivity contribution in [3.05, 3.63) is 39.3 Å². The van der Waals surface area contributed by atoms with Crippen molar-refractivity contribution in [1.29, 1.82) is 0 Å². The van der Waals surface area contributed by atoms with Crippen molar-refractivity contribution < 1.29 is 0 Å². The molecule has 4 heterocycles. The van der Waals surface area contributed by atoms with Gasteiger partial charge in [-0.15, -0.1) is 22.7 Å². The maximum atomic E-state index is 4.76. The zero-order chi connectivity index (χ0) is 15.4.